The number of aliphatic carboxylic acids is 1. The molecule has 1 saturated carbocycles. The molecule has 0 heterocycles. The van der Waals surface area contributed by atoms with E-state index in [2.05, 4.69) is 5.32 Å². The number of carboxylic acids is 1. The second-order valence-electron chi connectivity index (χ2n) is 3.66. The van der Waals surface area contributed by atoms with Gasteiger partial charge in [-0.05, 0) is 12.8 Å². The predicted octanol–water partition coefficient (Wildman–Crippen LogP) is -0.0956. The van der Waals surface area contributed by atoms with Crippen molar-refractivity contribution >= 4 is 11.9 Å². The number of aliphatic hydroxyl groups is 1. The highest BCUT2D eigenvalue weighted by atomic mass is 16.4. The van der Waals surface area contributed by atoms with E-state index < -0.39 is 11.9 Å². The minimum Gasteiger partial charge on any atom is -0.478 e. The van der Waals surface area contributed by atoms with E-state index in [4.69, 9.17) is 10.2 Å². The zero-order chi connectivity index (χ0) is 11.3. The molecule has 5 heteroatoms. The van der Waals surface area contributed by atoms with Gasteiger partial charge in [-0.25, -0.2) is 4.79 Å². The van der Waals surface area contributed by atoms with Gasteiger partial charge in [0.2, 0.25) is 5.91 Å². The number of carbonyl (C=O) groups is 2. The third kappa shape index (κ3) is 3.71. The van der Waals surface area contributed by atoms with E-state index in [1.807, 2.05) is 0 Å². The van der Waals surface area contributed by atoms with Gasteiger partial charge in [0.15, 0.2) is 0 Å². The van der Waals surface area contributed by atoms with Crippen molar-refractivity contribution in [2.24, 2.45) is 5.92 Å². The zero-order valence-corrected chi connectivity index (χ0v) is 8.35. The second-order valence-corrected chi connectivity index (χ2v) is 3.66. The average Bonchev–Trinajstić information content (AvgIpc) is 2.62. The van der Waals surface area contributed by atoms with Crippen LogP contribution in [0.4, 0.5) is 0 Å². The predicted molar refractivity (Wildman–Crippen MR) is 53.1 cm³/mol. The molecule has 1 aliphatic carbocycles. The van der Waals surface area contributed by atoms with Crippen LogP contribution in [0.1, 0.15) is 19.3 Å². The number of rotatable bonds is 4. The Balaban J connectivity index is 2.40. The Morgan fingerprint density at radius 3 is 2.67 bits per heavy atom. The first-order valence-electron chi connectivity index (χ1n) is 4.96. The third-order valence-corrected chi connectivity index (χ3v) is 2.60. The highest BCUT2D eigenvalue weighted by molar-refractivity contribution is 5.94. The van der Waals surface area contributed by atoms with Gasteiger partial charge in [-0.1, -0.05) is 6.42 Å². The van der Waals surface area contributed by atoms with Crippen molar-refractivity contribution in [2.75, 3.05) is 6.61 Å². The van der Waals surface area contributed by atoms with Crippen LogP contribution in [-0.2, 0) is 9.59 Å². The SMILES string of the molecule is O=C(O)/C=C/C(=O)NC1CCCC1CO. The van der Waals surface area contributed by atoms with Crippen molar-refractivity contribution in [1.29, 1.82) is 0 Å². The zero-order valence-electron chi connectivity index (χ0n) is 8.35. The first-order chi connectivity index (χ1) is 7.13. The minimum absolute atomic E-state index is 0.0269. The summed E-state index contributed by atoms with van der Waals surface area (Å²) >= 11 is 0. The summed E-state index contributed by atoms with van der Waals surface area (Å²) in [5.74, 6) is -1.45. The van der Waals surface area contributed by atoms with Gasteiger partial charge in [-0.2, -0.15) is 0 Å². The molecule has 15 heavy (non-hydrogen) atoms. The van der Waals surface area contributed by atoms with Crippen LogP contribution in [0.2, 0.25) is 0 Å². The monoisotopic (exact) mass is 213 g/mol. The van der Waals surface area contributed by atoms with Crippen molar-refractivity contribution in [1.82, 2.24) is 5.32 Å². The van der Waals surface area contributed by atoms with Crippen molar-refractivity contribution in [3.8, 4) is 0 Å². The summed E-state index contributed by atoms with van der Waals surface area (Å²) in [6, 6.07) is -0.0269. The number of carboxylic acid groups (broad SMARTS) is 1. The lowest BCUT2D eigenvalue weighted by molar-refractivity contribution is -0.131. The average molecular weight is 213 g/mol. The van der Waals surface area contributed by atoms with E-state index in [0.717, 1.165) is 31.4 Å². The summed E-state index contributed by atoms with van der Waals surface area (Å²) in [5, 5.41) is 20.0. The summed E-state index contributed by atoms with van der Waals surface area (Å²) in [6.45, 7) is 0.0631. The van der Waals surface area contributed by atoms with Crippen LogP contribution in [0, 0.1) is 5.92 Å². The maximum absolute atomic E-state index is 11.2. The van der Waals surface area contributed by atoms with E-state index in [0.29, 0.717) is 0 Å². The first kappa shape index (κ1) is 11.7. The molecule has 0 radical (unpaired) electrons. The maximum atomic E-state index is 11.2. The van der Waals surface area contributed by atoms with Gasteiger partial charge in [0.25, 0.3) is 0 Å². The molecule has 0 aromatic carbocycles. The fraction of sp³-hybridized carbons (Fsp3) is 0.600. The Morgan fingerprint density at radius 2 is 2.07 bits per heavy atom. The summed E-state index contributed by atoms with van der Waals surface area (Å²) < 4.78 is 0. The Morgan fingerprint density at radius 1 is 1.33 bits per heavy atom. The van der Waals surface area contributed by atoms with Crippen molar-refractivity contribution < 1.29 is 19.8 Å². The van der Waals surface area contributed by atoms with Crippen LogP contribution in [0.5, 0.6) is 0 Å². The molecular weight excluding hydrogens is 198 g/mol. The largest absolute Gasteiger partial charge is 0.478 e. The minimum atomic E-state index is -1.14. The number of amides is 1. The number of aliphatic hydroxyl groups excluding tert-OH is 1. The molecule has 5 nitrogen and oxygen atoms in total. The van der Waals surface area contributed by atoms with Crippen LogP contribution >= 0.6 is 0 Å². The van der Waals surface area contributed by atoms with Crippen molar-refractivity contribution in [2.45, 2.75) is 25.3 Å². The number of carbonyl (C=O) groups excluding carboxylic acids is 1. The molecule has 1 fully saturated rings. The molecule has 2 unspecified atom stereocenters. The Kier molecular flexibility index (Phi) is 4.30. The normalized spacial score (nSPS) is 25.7. The van der Waals surface area contributed by atoms with Crippen LogP contribution in [0.3, 0.4) is 0 Å². The van der Waals surface area contributed by atoms with Crippen LogP contribution in [0.15, 0.2) is 12.2 Å². The van der Waals surface area contributed by atoms with Crippen molar-refractivity contribution in [3.63, 3.8) is 0 Å². The molecule has 0 saturated heterocycles. The van der Waals surface area contributed by atoms with Gasteiger partial charge in [-0.15, -0.1) is 0 Å². The number of hydrogen-bond donors (Lipinski definition) is 3. The molecule has 84 valence electrons. The Bertz CT molecular complexity index is 275. The van der Waals surface area contributed by atoms with E-state index in [1.54, 1.807) is 0 Å². The molecule has 0 spiro atoms. The highest BCUT2D eigenvalue weighted by Crippen LogP contribution is 2.24. The highest BCUT2D eigenvalue weighted by Gasteiger charge is 2.27. The Hall–Kier alpha value is -1.36. The van der Waals surface area contributed by atoms with E-state index in [9.17, 15) is 9.59 Å². The smallest absolute Gasteiger partial charge is 0.328 e. The molecule has 0 aromatic rings. The van der Waals surface area contributed by atoms with Crippen LogP contribution in [0.25, 0.3) is 0 Å². The molecule has 0 bridgehead atoms. The molecule has 2 atom stereocenters. The maximum Gasteiger partial charge on any atom is 0.328 e. The fourth-order valence-electron chi connectivity index (χ4n) is 1.82. The number of nitrogens with one attached hydrogen (secondary N) is 1. The standard InChI is InChI=1S/C10H15NO4/c12-6-7-2-1-3-8(7)11-9(13)4-5-10(14)15/h4-5,7-8,12H,1-3,6H2,(H,11,13)(H,14,15)/b5-4+. The van der Waals surface area contributed by atoms with E-state index in [1.165, 1.54) is 0 Å². The topological polar surface area (TPSA) is 86.6 Å². The van der Waals surface area contributed by atoms with E-state index >= 15 is 0 Å². The third-order valence-electron chi connectivity index (χ3n) is 2.60. The molecule has 3 N–H and O–H groups in total. The van der Waals surface area contributed by atoms with Gasteiger partial charge < -0.3 is 15.5 Å². The quantitative estimate of drug-likeness (QED) is 0.569. The van der Waals surface area contributed by atoms with Crippen molar-refractivity contribution in [3.05, 3.63) is 12.2 Å². The summed E-state index contributed by atoms with van der Waals surface area (Å²) in [5.41, 5.74) is 0. The molecule has 1 rings (SSSR count). The van der Waals surface area contributed by atoms with Crippen LogP contribution in [-0.4, -0.2) is 34.7 Å². The summed E-state index contributed by atoms with van der Waals surface area (Å²) in [6.07, 6.45) is 4.54. The molecular formula is C10H15NO4. The lowest BCUT2D eigenvalue weighted by atomic mass is 10.1. The van der Waals surface area contributed by atoms with E-state index in [-0.39, 0.29) is 18.6 Å². The number of hydrogen-bond acceptors (Lipinski definition) is 3. The van der Waals surface area contributed by atoms with Gasteiger partial charge in [0.1, 0.15) is 0 Å². The molecule has 1 aliphatic rings. The summed E-state index contributed by atoms with van der Waals surface area (Å²) in [7, 11) is 0. The van der Waals surface area contributed by atoms with Gasteiger partial charge in [-0.3, -0.25) is 4.79 Å². The van der Waals surface area contributed by atoms with Gasteiger partial charge in [0.05, 0.1) is 0 Å². The molecule has 0 aliphatic heterocycles. The first-order valence-corrected chi connectivity index (χ1v) is 4.96. The second kappa shape index (κ2) is 5.50. The van der Waals surface area contributed by atoms with Gasteiger partial charge >= 0.3 is 5.97 Å². The Labute approximate surface area is 87.8 Å². The molecule has 0 aromatic heterocycles. The molecule has 1 amide bonds. The fourth-order valence-corrected chi connectivity index (χ4v) is 1.82. The van der Waals surface area contributed by atoms with Gasteiger partial charge in [0, 0.05) is 30.7 Å². The lowest BCUT2D eigenvalue weighted by Crippen LogP contribution is -2.37. The summed E-state index contributed by atoms with van der Waals surface area (Å²) in [4.78, 5) is 21.4. The van der Waals surface area contributed by atoms with Crippen LogP contribution < -0.4 is 5.32 Å². The lowest BCUT2D eigenvalue weighted by Gasteiger charge is -2.17.